The molecule has 0 amide bonds. The van der Waals surface area contributed by atoms with Gasteiger partial charge in [-0.3, -0.25) is 0 Å². The van der Waals surface area contributed by atoms with Crippen molar-refractivity contribution >= 4 is 52.8 Å². The molecule has 1 atom stereocenters. The van der Waals surface area contributed by atoms with Gasteiger partial charge in [0.15, 0.2) is 0 Å². The minimum atomic E-state index is -4.05. The van der Waals surface area contributed by atoms with E-state index in [1.54, 1.807) is 55.5 Å². The largest absolute Gasteiger partial charge is 0.300 e. The molecule has 24 heavy (non-hydrogen) atoms. The summed E-state index contributed by atoms with van der Waals surface area (Å²) in [4.78, 5) is 0.385. The van der Waals surface area contributed by atoms with Crippen molar-refractivity contribution < 1.29 is 12.6 Å². The number of nitrogens with zero attached hydrogens (tertiary/aromatic N) is 1. The van der Waals surface area contributed by atoms with E-state index in [1.165, 1.54) is 6.26 Å². The summed E-state index contributed by atoms with van der Waals surface area (Å²) in [7, 11) is -7.11. The maximum atomic E-state index is 12.8. The second-order valence-electron chi connectivity index (χ2n) is 5.32. The van der Waals surface area contributed by atoms with E-state index in [2.05, 4.69) is 3.77 Å². The highest BCUT2D eigenvalue weighted by molar-refractivity contribution is 8.03. The zero-order chi connectivity index (χ0) is 17.5. The van der Waals surface area contributed by atoms with Crippen LogP contribution in [0.1, 0.15) is 5.56 Å². The van der Waals surface area contributed by atoms with Crippen LogP contribution < -0.4 is 0 Å². The van der Waals surface area contributed by atoms with Gasteiger partial charge in [0.05, 0.1) is 9.73 Å². The van der Waals surface area contributed by atoms with E-state index in [0.29, 0.717) is 15.5 Å². The SMILES string of the molecule is Cc1c(S(=O)(=O)N=S(C)(=O)c2ccccc2)sc2ccc(Cl)cc12. The summed E-state index contributed by atoms with van der Waals surface area (Å²) in [5, 5.41) is 1.30. The Kier molecular flexibility index (Phi) is 4.46. The van der Waals surface area contributed by atoms with E-state index in [0.717, 1.165) is 21.4 Å². The second-order valence-corrected chi connectivity index (χ2v) is 11.1. The quantitative estimate of drug-likeness (QED) is 0.640. The van der Waals surface area contributed by atoms with Gasteiger partial charge < -0.3 is 0 Å². The molecule has 1 unspecified atom stereocenters. The molecule has 0 bridgehead atoms. The van der Waals surface area contributed by atoms with Crippen molar-refractivity contribution in [3.8, 4) is 0 Å². The molecule has 0 saturated carbocycles. The highest BCUT2D eigenvalue weighted by Crippen LogP contribution is 2.36. The lowest BCUT2D eigenvalue weighted by Gasteiger charge is -2.04. The van der Waals surface area contributed by atoms with Crippen LogP contribution in [0.4, 0.5) is 0 Å². The average Bonchev–Trinajstić information content (AvgIpc) is 2.85. The van der Waals surface area contributed by atoms with Gasteiger partial charge in [-0.05, 0) is 48.2 Å². The Morgan fingerprint density at radius 3 is 2.38 bits per heavy atom. The molecule has 0 saturated heterocycles. The zero-order valence-electron chi connectivity index (χ0n) is 12.9. The molecule has 0 fully saturated rings. The first kappa shape index (κ1) is 17.4. The normalized spacial score (nSPS) is 14.5. The molecule has 0 aliphatic rings. The monoisotopic (exact) mass is 399 g/mol. The predicted molar refractivity (Wildman–Crippen MR) is 100.0 cm³/mol. The third-order valence-corrected chi connectivity index (χ3v) is 9.54. The summed E-state index contributed by atoms with van der Waals surface area (Å²) in [6.45, 7) is 1.71. The average molecular weight is 400 g/mol. The smallest absolute Gasteiger partial charge is 0.244 e. The van der Waals surface area contributed by atoms with Crippen LogP contribution in [-0.2, 0) is 19.8 Å². The molecule has 126 valence electrons. The van der Waals surface area contributed by atoms with Crippen LogP contribution in [0, 0.1) is 6.92 Å². The van der Waals surface area contributed by atoms with Gasteiger partial charge in [0.2, 0.25) is 0 Å². The molecule has 8 heteroatoms. The summed E-state index contributed by atoms with van der Waals surface area (Å²) >= 11 is 7.10. The molecule has 0 spiro atoms. The molecule has 1 aromatic heterocycles. The summed E-state index contributed by atoms with van der Waals surface area (Å²) in [6, 6.07) is 13.6. The Balaban J connectivity index is 2.21. The van der Waals surface area contributed by atoms with E-state index in [4.69, 9.17) is 11.6 Å². The fraction of sp³-hybridized carbons (Fsp3) is 0.125. The van der Waals surface area contributed by atoms with E-state index < -0.39 is 19.8 Å². The molecule has 4 nitrogen and oxygen atoms in total. The third-order valence-electron chi connectivity index (χ3n) is 3.51. The molecular weight excluding hydrogens is 386 g/mol. The minimum Gasteiger partial charge on any atom is -0.244 e. The van der Waals surface area contributed by atoms with Crippen LogP contribution in [-0.4, -0.2) is 18.9 Å². The van der Waals surface area contributed by atoms with Gasteiger partial charge >= 0.3 is 0 Å². The van der Waals surface area contributed by atoms with Gasteiger partial charge in [-0.15, -0.1) is 15.1 Å². The first-order chi connectivity index (χ1) is 11.2. The Bertz CT molecular complexity index is 1140. The Morgan fingerprint density at radius 1 is 1.04 bits per heavy atom. The topological polar surface area (TPSA) is 63.6 Å². The molecule has 0 radical (unpaired) electrons. The number of halogens is 1. The van der Waals surface area contributed by atoms with Crippen LogP contribution in [0.15, 0.2) is 61.4 Å². The first-order valence-electron chi connectivity index (χ1n) is 6.93. The zero-order valence-corrected chi connectivity index (χ0v) is 16.1. The molecule has 0 aliphatic heterocycles. The number of benzene rings is 2. The minimum absolute atomic E-state index is 0.102. The van der Waals surface area contributed by atoms with Gasteiger partial charge in [-0.25, -0.2) is 4.21 Å². The van der Waals surface area contributed by atoms with E-state index in [9.17, 15) is 12.6 Å². The summed E-state index contributed by atoms with van der Waals surface area (Å²) in [6.07, 6.45) is 1.33. The maximum Gasteiger partial charge on any atom is 0.300 e. The molecule has 3 rings (SSSR count). The highest BCUT2D eigenvalue weighted by Gasteiger charge is 2.23. The van der Waals surface area contributed by atoms with Crippen molar-refractivity contribution in [1.82, 2.24) is 0 Å². The van der Waals surface area contributed by atoms with Gasteiger partial charge in [0, 0.05) is 20.9 Å². The molecule has 2 aromatic carbocycles. The Labute approximate surface area is 150 Å². The van der Waals surface area contributed by atoms with Crippen LogP contribution in [0.25, 0.3) is 10.1 Å². The number of hydrogen-bond donors (Lipinski definition) is 0. The second kappa shape index (κ2) is 6.15. The highest BCUT2D eigenvalue weighted by atomic mass is 35.5. The summed E-state index contributed by atoms with van der Waals surface area (Å²) in [5.41, 5.74) is 0.574. The Hall–Kier alpha value is -1.41. The molecule has 0 aliphatic carbocycles. The third kappa shape index (κ3) is 3.21. The number of thiophene rings is 1. The number of hydrogen-bond acceptors (Lipinski definition) is 4. The fourth-order valence-electron chi connectivity index (χ4n) is 2.35. The fourth-order valence-corrected chi connectivity index (χ4v) is 7.68. The maximum absolute atomic E-state index is 12.8. The lowest BCUT2D eigenvalue weighted by molar-refractivity contribution is 0.599. The summed E-state index contributed by atoms with van der Waals surface area (Å²) in [5.74, 6) is 0. The number of fused-ring (bicyclic) bond motifs is 1. The van der Waals surface area contributed by atoms with Crippen molar-refractivity contribution in [3.63, 3.8) is 0 Å². The van der Waals surface area contributed by atoms with E-state index in [1.807, 2.05) is 0 Å². The van der Waals surface area contributed by atoms with Gasteiger partial charge in [0.1, 0.15) is 4.21 Å². The lowest BCUT2D eigenvalue weighted by atomic mass is 10.2. The van der Waals surface area contributed by atoms with Crippen molar-refractivity contribution in [2.45, 2.75) is 16.0 Å². The van der Waals surface area contributed by atoms with Crippen molar-refractivity contribution in [3.05, 3.63) is 59.1 Å². The molecule has 0 N–H and O–H groups in total. The number of sulfonamides is 1. The molecular formula is C16H14ClNO3S3. The lowest BCUT2D eigenvalue weighted by Crippen LogP contribution is -2.04. The van der Waals surface area contributed by atoms with Crippen molar-refractivity contribution in [2.75, 3.05) is 6.26 Å². The standard InChI is InChI=1S/C16H14ClNO3S3/c1-11-14-10-12(17)8-9-15(14)22-16(11)24(20,21)18-23(2,19)13-6-4-3-5-7-13/h3-10H,1-2H3. The van der Waals surface area contributed by atoms with E-state index in [-0.39, 0.29) is 4.21 Å². The van der Waals surface area contributed by atoms with Crippen molar-refractivity contribution in [2.24, 2.45) is 3.77 Å². The first-order valence-corrected chi connectivity index (χ1v) is 11.5. The van der Waals surface area contributed by atoms with Crippen LogP contribution in [0.2, 0.25) is 5.02 Å². The van der Waals surface area contributed by atoms with Gasteiger partial charge in [-0.1, -0.05) is 29.8 Å². The Morgan fingerprint density at radius 2 is 1.71 bits per heavy atom. The van der Waals surface area contributed by atoms with Crippen LogP contribution >= 0.6 is 22.9 Å². The van der Waals surface area contributed by atoms with E-state index >= 15 is 0 Å². The molecule has 1 heterocycles. The van der Waals surface area contributed by atoms with Crippen molar-refractivity contribution in [1.29, 1.82) is 0 Å². The van der Waals surface area contributed by atoms with Crippen LogP contribution in [0.3, 0.4) is 0 Å². The predicted octanol–water partition coefficient (Wildman–Crippen LogP) is 4.71. The van der Waals surface area contributed by atoms with Crippen LogP contribution in [0.5, 0.6) is 0 Å². The summed E-state index contributed by atoms with van der Waals surface area (Å²) < 4.78 is 42.9. The molecule has 3 aromatic rings. The van der Waals surface area contributed by atoms with Gasteiger partial charge in [0.25, 0.3) is 10.0 Å². The number of rotatable bonds is 3. The number of aryl methyl sites for hydroxylation is 1. The van der Waals surface area contributed by atoms with Gasteiger partial charge in [-0.2, -0.15) is 8.42 Å².